The van der Waals surface area contributed by atoms with Crippen molar-refractivity contribution >= 4 is 11.5 Å². The first-order valence-corrected chi connectivity index (χ1v) is 8.38. The molecular formula is C17H18N6O. The van der Waals surface area contributed by atoms with Crippen LogP contribution < -0.4 is 4.90 Å². The normalized spacial score (nSPS) is 23.6. The highest BCUT2D eigenvalue weighted by molar-refractivity contribution is 5.56. The summed E-state index contributed by atoms with van der Waals surface area (Å²) in [6.45, 7) is 2.74. The fraction of sp³-hybridized carbons (Fsp3) is 0.412. The zero-order valence-corrected chi connectivity index (χ0v) is 13.2. The molecule has 5 rings (SSSR count). The Bertz CT molecular complexity index is 864. The minimum absolute atomic E-state index is 0.526. The van der Waals surface area contributed by atoms with Gasteiger partial charge in [0.25, 0.3) is 0 Å². The van der Waals surface area contributed by atoms with Crippen molar-refractivity contribution in [2.75, 3.05) is 24.7 Å². The van der Waals surface area contributed by atoms with Gasteiger partial charge in [-0.05, 0) is 37.1 Å². The Morgan fingerprint density at radius 1 is 1.08 bits per heavy atom. The number of fused-ring (bicyclic) bond motifs is 2. The summed E-state index contributed by atoms with van der Waals surface area (Å²) in [5.74, 6) is 2.27. The first-order valence-electron chi connectivity index (χ1n) is 8.38. The van der Waals surface area contributed by atoms with E-state index in [0.717, 1.165) is 43.3 Å². The van der Waals surface area contributed by atoms with Gasteiger partial charge in [0.15, 0.2) is 5.65 Å². The van der Waals surface area contributed by atoms with Crippen LogP contribution >= 0.6 is 0 Å². The van der Waals surface area contributed by atoms with Gasteiger partial charge in [0.2, 0.25) is 5.82 Å². The third kappa shape index (κ3) is 2.16. The van der Waals surface area contributed by atoms with Crippen molar-refractivity contribution in [3.05, 3.63) is 36.5 Å². The smallest absolute Gasteiger partial charge is 0.203 e. The molecule has 3 aromatic heterocycles. The topological polar surface area (TPSA) is 68.4 Å². The van der Waals surface area contributed by atoms with Gasteiger partial charge in [-0.3, -0.25) is 4.98 Å². The molecule has 7 heteroatoms. The van der Waals surface area contributed by atoms with Crippen molar-refractivity contribution in [1.82, 2.24) is 24.8 Å². The van der Waals surface area contributed by atoms with Crippen LogP contribution in [0.3, 0.4) is 0 Å². The second-order valence-electron chi connectivity index (χ2n) is 6.37. The Morgan fingerprint density at radius 3 is 3.00 bits per heavy atom. The predicted octanol–water partition coefficient (Wildman–Crippen LogP) is 1.80. The third-order valence-electron chi connectivity index (χ3n) is 5.01. The maximum absolute atomic E-state index is 5.62. The molecule has 0 N–H and O–H groups in total. The Hall–Kier alpha value is -2.54. The van der Waals surface area contributed by atoms with Crippen molar-refractivity contribution in [3.63, 3.8) is 0 Å². The molecule has 2 aliphatic heterocycles. The molecule has 0 spiro atoms. The summed E-state index contributed by atoms with van der Waals surface area (Å²) in [5, 5.41) is 13.3. The van der Waals surface area contributed by atoms with E-state index in [2.05, 4.69) is 20.1 Å². The van der Waals surface area contributed by atoms with E-state index in [1.54, 1.807) is 10.7 Å². The lowest BCUT2D eigenvalue weighted by atomic mass is 9.97. The van der Waals surface area contributed by atoms with Crippen LogP contribution in [-0.2, 0) is 4.74 Å². The molecule has 2 unspecified atom stereocenters. The average Bonchev–Trinajstić information content (AvgIpc) is 3.26. The number of rotatable bonds is 2. The molecule has 7 nitrogen and oxygen atoms in total. The van der Waals surface area contributed by atoms with E-state index in [4.69, 9.17) is 9.84 Å². The van der Waals surface area contributed by atoms with Crippen LogP contribution in [0.4, 0.5) is 5.82 Å². The van der Waals surface area contributed by atoms with Gasteiger partial charge in [-0.25, -0.2) is 0 Å². The summed E-state index contributed by atoms with van der Waals surface area (Å²) in [7, 11) is 0. The number of hydrogen-bond donors (Lipinski definition) is 0. The standard InChI is InChI=1S/C17H18N6O/c1-2-8-18-13(3-1)17-20-19-15-4-5-16(21-23(15)17)22-9-6-12-11-24-10-7-14(12)22/h1-5,8,12,14H,6-7,9-11H2. The molecule has 2 fully saturated rings. The summed E-state index contributed by atoms with van der Waals surface area (Å²) in [5.41, 5.74) is 1.52. The maximum Gasteiger partial charge on any atom is 0.203 e. The summed E-state index contributed by atoms with van der Waals surface area (Å²) in [6, 6.07) is 10.3. The Labute approximate surface area is 139 Å². The molecular weight excluding hydrogens is 304 g/mol. The first kappa shape index (κ1) is 13.9. The van der Waals surface area contributed by atoms with Crippen LogP contribution in [0, 0.1) is 5.92 Å². The molecule has 0 aromatic carbocycles. The van der Waals surface area contributed by atoms with Crippen molar-refractivity contribution < 1.29 is 4.74 Å². The lowest BCUT2D eigenvalue weighted by Gasteiger charge is -2.32. The molecule has 0 radical (unpaired) electrons. The second-order valence-corrected chi connectivity index (χ2v) is 6.37. The van der Waals surface area contributed by atoms with Gasteiger partial charge in [-0.1, -0.05) is 6.07 Å². The van der Waals surface area contributed by atoms with Crippen molar-refractivity contribution in [2.45, 2.75) is 18.9 Å². The molecule has 5 heterocycles. The number of anilines is 1. The van der Waals surface area contributed by atoms with Gasteiger partial charge in [0.05, 0.1) is 6.61 Å². The van der Waals surface area contributed by atoms with Crippen molar-refractivity contribution in [2.24, 2.45) is 5.92 Å². The van der Waals surface area contributed by atoms with E-state index in [9.17, 15) is 0 Å². The summed E-state index contributed by atoms with van der Waals surface area (Å²) < 4.78 is 7.42. The van der Waals surface area contributed by atoms with Gasteiger partial charge in [0.1, 0.15) is 11.5 Å². The van der Waals surface area contributed by atoms with E-state index in [-0.39, 0.29) is 0 Å². The number of hydrogen-bond acceptors (Lipinski definition) is 6. The lowest BCUT2D eigenvalue weighted by Crippen LogP contribution is -2.39. The largest absolute Gasteiger partial charge is 0.381 e. The zero-order valence-electron chi connectivity index (χ0n) is 13.2. The van der Waals surface area contributed by atoms with Gasteiger partial charge in [0, 0.05) is 31.3 Å². The highest BCUT2D eigenvalue weighted by Crippen LogP contribution is 2.33. The van der Waals surface area contributed by atoms with E-state index < -0.39 is 0 Å². The van der Waals surface area contributed by atoms with Crippen molar-refractivity contribution in [3.8, 4) is 11.5 Å². The number of ether oxygens (including phenoxy) is 1. The Kier molecular flexibility index (Phi) is 3.19. The minimum Gasteiger partial charge on any atom is -0.381 e. The first-order chi connectivity index (χ1) is 11.9. The van der Waals surface area contributed by atoms with Crippen LogP contribution in [0.15, 0.2) is 36.5 Å². The van der Waals surface area contributed by atoms with E-state index in [0.29, 0.717) is 17.8 Å². The molecule has 2 atom stereocenters. The second kappa shape index (κ2) is 5.52. The van der Waals surface area contributed by atoms with Crippen LogP contribution in [0.5, 0.6) is 0 Å². The van der Waals surface area contributed by atoms with Gasteiger partial charge in [-0.15, -0.1) is 15.3 Å². The number of nitrogens with zero attached hydrogens (tertiary/aromatic N) is 6. The molecule has 24 heavy (non-hydrogen) atoms. The molecule has 0 amide bonds. The summed E-state index contributed by atoms with van der Waals surface area (Å²) >= 11 is 0. The highest BCUT2D eigenvalue weighted by atomic mass is 16.5. The highest BCUT2D eigenvalue weighted by Gasteiger charge is 2.37. The molecule has 122 valence electrons. The van der Waals surface area contributed by atoms with Crippen molar-refractivity contribution in [1.29, 1.82) is 0 Å². The van der Waals surface area contributed by atoms with E-state index >= 15 is 0 Å². The van der Waals surface area contributed by atoms with Crippen LogP contribution in [0.25, 0.3) is 17.2 Å². The SMILES string of the molecule is c1ccc(-c2nnc3ccc(N4CCC5COCCC54)nn23)nc1. The predicted molar refractivity (Wildman–Crippen MR) is 88.7 cm³/mol. The molecule has 0 bridgehead atoms. The molecule has 0 aliphatic carbocycles. The quantitative estimate of drug-likeness (QED) is 0.717. The van der Waals surface area contributed by atoms with Gasteiger partial charge < -0.3 is 9.64 Å². The van der Waals surface area contributed by atoms with E-state index in [1.165, 1.54) is 6.42 Å². The molecule has 2 aliphatic rings. The Balaban J connectivity index is 1.56. The van der Waals surface area contributed by atoms with Crippen LogP contribution in [0.1, 0.15) is 12.8 Å². The summed E-state index contributed by atoms with van der Waals surface area (Å²) in [6.07, 6.45) is 3.99. The lowest BCUT2D eigenvalue weighted by molar-refractivity contribution is 0.0515. The zero-order chi connectivity index (χ0) is 15.9. The third-order valence-corrected chi connectivity index (χ3v) is 5.01. The maximum atomic E-state index is 5.62. The Morgan fingerprint density at radius 2 is 2.08 bits per heavy atom. The van der Waals surface area contributed by atoms with Gasteiger partial charge >= 0.3 is 0 Å². The van der Waals surface area contributed by atoms with Gasteiger partial charge in [-0.2, -0.15) is 4.52 Å². The fourth-order valence-corrected chi connectivity index (χ4v) is 3.81. The van der Waals surface area contributed by atoms with Crippen LogP contribution in [-0.4, -0.2) is 50.6 Å². The fourth-order valence-electron chi connectivity index (χ4n) is 3.81. The van der Waals surface area contributed by atoms with E-state index in [1.807, 2.05) is 30.3 Å². The molecule has 2 saturated heterocycles. The number of aromatic nitrogens is 5. The molecule has 0 saturated carbocycles. The summed E-state index contributed by atoms with van der Waals surface area (Å²) in [4.78, 5) is 6.78. The number of pyridine rings is 1. The average molecular weight is 322 g/mol. The molecule has 3 aromatic rings. The monoisotopic (exact) mass is 322 g/mol. The van der Waals surface area contributed by atoms with Crippen LogP contribution in [0.2, 0.25) is 0 Å². The minimum atomic E-state index is 0.526.